The van der Waals surface area contributed by atoms with Crippen molar-refractivity contribution < 1.29 is 23.8 Å². The molecule has 7 heteroatoms. The molecule has 168 valence electrons. The van der Waals surface area contributed by atoms with Crippen molar-refractivity contribution in [1.82, 2.24) is 4.90 Å². The Morgan fingerprint density at radius 3 is 1.94 bits per heavy atom. The third-order valence-corrected chi connectivity index (χ3v) is 5.40. The molecule has 0 unspecified atom stereocenters. The number of rotatable bonds is 8. The highest BCUT2D eigenvalue weighted by atomic mass is 16.5. The SMILES string of the molecule is COc1ccc(CN2C(=O)C(Nc3ccc(OC)cc3)=C(c3ccccc3OC)C2=O)cc1. The fraction of sp³-hybridized carbons (Fsp3) is 0.154. The van der Waals surface area contributed by atoms with Gasteiger partial charge in [-0.15, -0.1) is 0 Å². The van der Waals surface area contributed by atoms with Gasteiger partial charge < -0.3 is 19.5 Å². The molecule has 0 aliphatic carbocycles. The van der Waals surface area contributed by atoms with Gasteiger partial charge in [-0.3, -0.25) is 14.5 Å². The molecule has 1 heterocycles. The van der Waals surface area contributed by atoms with Gasteiger partial charge in [0.25, 0.3) is 11.8 Å². The molecule has 1 aliphatic heterocycles. The van der Waals surface area contributed by atoms with E-state index in [-0.39, 0.29) is 17.8 Å². The summed E-state index contributed by atoms with van der Waals surface area (Å²) in [7, 11) is 4.70. The van der Waals surface area contributed by atoms with Crippen molar-refractivity contribution in [1.29, 1.82) is 0 Å². The molecule has 33 heavy (non-hydrogen) atoms. The number of imide groups is 1. The van der Waals surface area contributed by atoms with Crippen LogP contribution in [-0.4, -0.2) is 38.0 Å². The average molecular weight is 444 g/mol. The number of carbonyl (C=O) groups is 2. The van der Waals surface area contributed by atoms with Crippen molar-refractivity contribution in [2.45, 2.75) is 6.54 Å². The number of ether oxygens (including phenoxy) is 3. The lowest BCUT2D eigenvalue weighted by Crippen LogP contribution is -2.32. The summed E-state index contributed by atoms with van der Waals surface area (Å²) in [6.07, 6.45) is 0. The number of hydrogen-bond acceptors (Lipinski definition) is 6. The molecule has 0 saturated carbocycles. The lowest BCUT2D eigenvalue weighted by molar-refractivity contribution is -0.137. The van der Waals surface area contributed by atoms with Crippen molar-refractivity contribution in [3.05, 3.63) is 89.6 Å². The average Bonchev–Trinajstić information content (AvgIpc) is 3.09. The van der Waals surface area contributed by atoms with Crippen molar-refractivity contribution in [3.8, 4) is 17.2 Å². The molecule has 3 aromatic carbocycles. The van der Waals surface area contributed by atoms with Gasteiger partial charge in [-0.2, -0.15) is 0 Å². The molecule has 0 aromatic heterocycles. The molecule has 4 rings (SSSR count). The van der Waals surface area contributed by atoms with Crippen LogP contribution in [0.1, 0.15) is 11.1 Å². The maximum atomic E-state index is 13.5. The van der Waals surface area contributed by atoms with Crippen LogP contribution in [0.2, 0.25) is 0 Å². The van der Waals surface area contributed by atoms with Gasteiger partial charge in [-0.25, -0.2) is 0 Å². The molecule has 0 fully saturated rings. The van der Waals surface area contributed by atoms with Gasteiger partial charge in [0.05, 0.1) is 33.4 Å². The standard InChI is InChI=1S/C26H24N2O5/c1-31-19-12-8-17(9-13-19)16-28-25(29)23(21-6-4-5-7-22(21)33-3)24(26(28)30)27-18-10-14-20(32-2)15-11-18/h4-15,27H,16H2,1-3H3. The Balaban J connectivity index is 1.73. The monoisotopic (exact) mass is 444 g/mol. The van der Waals surface area contributed by atoms with Gasteiger partial charge in [-0.05, 0) is 48.0 Å². The molecule has 2 amide bonds. The van der Waals surface area contributed by atoms with Crippen LogP contribution in [0, 0.1) is 0 Å². The fourth-order valence-corrected chi connectivity index (χ4v) is 3.67. The summed E-state index contributed by atoms with van der Waals surface area (Å²) in [6.45, 7) is 0.133. The summed E-state index contributed by atoms with van der Waals surface area (Å²) in [5, 5.41) is 3.14. The number of carbonyl (C=O) groups excluding carboxylic acids is 2. The molecule has 0 radical (unpaired) electrons. The summed E-state index contributed by atoms with van der Waals surface area (Å²) < 4.78 is 15.9. The van der Waals surface area contributed by atoms with Crippen molar-refractivity contribution in [3.63, 3.8) is 0 Å². The third kappa shape index (κ3) is 4.39. The highest BCUT2D eigenvalue weighted by molar-refractivity contribution is 6.36. The molecule has 1 aliphatic rings. The molecule has 3 aromatic rings. The first-order valence-corrected chi connectivity index (χ1v) is 10.3. The molecular weight excluding hydrogens is 420 g/mol. The second-order valence-electron chi connectivity index (χ2n) is 7.35. The molecule has 7 nitrogen and oxygen atoms in total. The minimum atomic E-state index is -0.410. The molecule has 1 N–H and O–H groups in total. The smallest absolute Gasteiger partial charge is 0.278 e. The van der Waals surface area contributed by atoms with Crippen LogP contribution in [-0.2, 0) is 16.1 Å². The quantitative estimate of drug-likeness (QED) is 0.527. The van der Waals surface area contributed by atoms with Gasteiger partial charge in [0, 0.05) is 11.3 Å². The molecule has 0 spiro atoms. The van der Waals surface area contributed by atoms with Gasteiger partial charge >= 0.3 is 0 Å². The van der Waals surface area contributed by atoms with E-state index in [2.05, 4.69) is 5.32 Å². The number of anilines is 1. The second kappa shape index (κ2) is 9.48. The lowest BCUT2D eigenvalue weighted by atomic mass is 10.0. The number of benzene rings is 3. The van der Waals surface area contributed by atoms with Gasteiger partial charge in [-0.1, -0.05) is 30.3 Å². The number of methoxy groups -OCH3 is 3. The zero-order valence-corrected chi connectivity index (χ0v) is 18.6. The van der Waals surface area contributed by atoms with Crippen LogP contribution in [0.25, 0.3) is 5.57 Å². The van der Waals surface area contributed by atoms with E-state index in [0.717, 1.165) is 5.56 Å². The Bertz CT molecular complexity index is 1200. The van der Waals surface area contributed by atoms with Crippen LogP contribution in [0.5, 0.6) is 17.2 Å². The van der Waals surface area contributed by atoms with E-state index in [1.165, 1.54) is 12.0 Å². The number of para-hydroxylation sites is 1. The first-order valence-electron chi connectivity index (χ1n) is 10.3. The number of nitrogens with zero attached hydrogens (tertiary/aromatic N) is 1. The summed E-state index contributed by atoms with van der Waals surface area (Å²) in [5.74, 6) is 1.10. The zero-order chi connectivity index (χ0) is 23.4. The van der Waals surface area contributed by atoms with Crippen molar-refractivity contribution in [2.75, 3.05) is 26.6 Å². The third-order valence-electron chi connectivity index (χ3n) is 5.40. The Labute approximate surface area is 192 Å². The second-order valence-corrected chi connectivity index (χ2v) is 7.35. The summed E-state index contributed by atoms with van der Waals surface area (Å²) in [6, 6.07) is 21.5. The van der Waals surface area contributed by atoms with Crippen LogP contribution < -0.4 is 19.5 Å². The number of hydrogen-bond donors (Lipinski definition) is 1. The van der Waals surface area contributed by atoms with Crippen LogP contribution in [0.3, 0.4) is 0 Å². The van der Waals surface area contributed by atoms with Crippen LogP contribution in [0.4, 0.5) is 5.69 Å². The van der Waals surface area contributed by atoms with Gasteiger partial charge in [0.15, 0.2) is 0 Å². The van der Waals surface area contributed by atoms with Crippen molar-refractivity contribution >= 4 is 23.1 Å². The van der Waals surface area contributed by atoms with E-state index >= 15 is 0 Å². The van der Waals surface area contributed by atoms with Crippen molar-refractivity contribution in [2.24, 2.45) is 0 Å². The predicted octanol–water partition coefficient (Wildman–Crippen LogP) is 4.10. The topological polar surface area (TPSA) is 77.1 Å². The minimum absolute atomic E-state index is 0.133. The highest BCUT2D eigenvalue weighted by Crippen LogP contribution is 2.36. The Hall–Kier alpha value is -4.26. The molecular formula is C26H24N2O5. The van der Waals surface area contributed by atoms with Crippen LogP contribution >= 0.6 is 0 Å². The molecule has 0 atom stereocenters. The summed E-state index contributed by atoms with van der Waals surface area (Å²) in [4.78, 5) is 28.2. The summed E-state index contributed by atoms with van der Waals surface area (Å²) >= 11 is 0. The Morgan fingerprint density at radius 2 is 1.33 bits per heavy atom. The lowest BCUT2D eigenvalue weighted by Gasteiger charge is -2.16. The molecule has 0 bridgehead atoms. The van der Waals surface area contributed by atoms with E-state index in [9.17, 15) is 9.59 Å². The number of amides is 2. The van der Waals surface area contributed by atoms with Gasteiger partial charge in [0.2, 0.25) is 0 Å². The Morgan fingerprint density at radius 1 is 0.727 bits per heavy atom. The fourth-order valence-electron chi connectivity index (χ4n) is 3.67. The largest absolute Gasteiger partial charge is 0.497 e. The normalized spacial score (nSPS) is 13.4. The van der Waals surface area contributed by atoms with E-state index < -0.39 is 11.8 Å². The maximum Gasteiger partial charge on any atom is 0.278 e. The first-order chi connectivity index (χ1) is 16.0. The van der Waals surface area contributed by atoms with E-state index in [1.807, 2.05) is 18.2 Å². The van der Waals surface area contributed by atoms with E-state index in [0.29, 0.717) is 28.5 Å². The maximum absolute atomic E-state index is 13.5. The number of nitrogens with one attached hydrogen (secondary N) is 1. The van der Waals surface area contributed by atoms with Crippen LogP contribution in [0.15, 0.2) is 78.5 Å². The zero-order valence-electron chi connectivity index (χ0n) is 18.6. The minimum Gasteiger partial charge on any atom is -0.497 e. The summed E-state index contributed by atoms with van der Waals surface area (Å²) in [5.41, 5.74) is 2.48. The highest BCUT2D eigenvalue weighted by Gasteiger charge is 2.40. The van der Waals surface area contributed by atoms with E-state index in [1.54, 1.807) is 68.8 Å². The predicted molar refractivity (Wildman–Crippen MR) is 125 cm³/mol. The van der Waals surface area contributed by atoms with E-state index in [4.69, 9.17) is 14.2 Å². The van der Waals surface area contributed by atoms with Gasteiger partial charge in [0.1, 0.15) is 22.9 Å². The first kappa shape index (κ1) is 22.0. The molecule has 0 saturated heterocycles. The Kier molecular flexibility index (Phi) is 6.31.